The minimum absolute atomic E-state index is 0.175. The van der Waals surface area contributed by atoms with Gasteiger partial charge < -0.3 is 14.6 Å². The van der Waals surface area contributed by atoms with E-state index in [4.69, 9.17) is 32.7 Å². The molecule has 0 aliphatic carbocycles. The summed E-state index contributed by atoms with van der Waals surface area (Å²) in [4.78, 5) is 11.8. The zero-order valence-electron chi connectivity index (χ0n) is 14.5. The van der Waals surface area contributed by atoms with Gasteiger partial charge in [-0.25, -0.2) is 9.48 Å². The highest BCUT2D eigenvalue weighted by molar-refractivity contribution is 9.10. The molecule has 0 radical (unpaired) electrons. The van der Waals surface area contributed by atoms with Crippen molar-refractivity contribution in [3.8, 4) is 28.4 Å². The Morgan fingerprint density at radius 2 is 1.96 bits per heavy atom. The summed E-state index contributed by atoms with van der Waals surface area (Å²) in [6.07, 6.45) is 0.586. The maximum Gasteiger partial charge on any atom is 0.360 e. The Kier molecular flexibility index (Phi) is 4.99. The zero-order chi connectivity index (χ0) is 20.0. The molecule has 0 amide bonds. The van der Waals surface area contributed by atoms with Gasteiger partial charge in [0.2, 0.25) is 5.69 Å². The number of aromatic carboxylic acids is 1. The van der Waals surface area contributed by atoms with Gasteiger partial charge in [0.05, 0.1) is 23.9 Å². The lowest BCUT2D eigenvalue weighted by Crippen LogP contribution is -2.06. The van der Waals surface area contributed by atoms with Crippen LogP contribution in [-0.2, 0) is 6.42 Å². The van der Waals surface area contributed by atoms with Crippen LogP contribution in [0.15, 0.2) is 34.8 Å². The first kappa shape index (κ1) is 19.1. The van der Waals surface area contributed by atoms with Crippen LogP contribution in [0.5, 0.6) is 11.5 Å². The monoisotopic (exact) mass is 482 g/mol. The SMILES string of the molecule is COc1cc2c(cc1Br)-c1c(c(C(=O)O)nn1-c1cc(Cl)cc(Cl)c1)OCC2. The fourth-order valence-electron chi connectivity index (χ4n) is 3.21. The summed E-state index contributed by atoms with van der Waals surface area (Å²) in [5.74, 6) is -0.295. The first-order valence-corrected chi connectivity index (χ1v) is 9.76. The number of nitrogens with zero attached hydrogens (tertiary/aromatic N) is 2. The van der Waals surface area contributed by atoms with Crippen LogP contribution in [0.4, 0.5) is 0 Å². The standard InChI is InChI=1S/C19H13BrCl2N2O4/c1-27-15-4-9-2-3-28-18-16(19(25)26)23-24(17(18)13(9)8-14(15)20)12-6-10(21)5-11(22)7-12/h4-8H,2-3H2,1H3,(H,25,26). The number of hydrogen-bond donors (Lipinski definition) is 1. The molecule has 1 aromatic heterocycles. The molecule has 0 saturated carbocycles. The van der Waals surface area contributed by atoms with Gasteiger partial charge in [-0.15, -0.1) is 0 Å². The van der Waals surface area contributed by atoms with Crippen molar-refractivity contribution in [2.75, 3.05) is 13.7 Å². The van der Waals surface area contributed by atoms with Crippen molar-refractivity contribution in [3.63, 3.8) is 0 Å². The Bertz CT molecular complexity index is 1090. The third-order valence-electron chi connectivity index (χ3n) is 4.39. The second-order valence-corrected chi connectivity index (χ2v) is 7.84. The molecule has 1 aliphatic heterocycles. The molecule has 0 fully saturated rings. The average molecular weight is 484 g/mol. The molecular formula is C19H13BrCl2N2O4. The molecule has 144 valence electrons. The molecule has 9 heteroatoms. The summed E-state index contributed by atoms with van der Waals surface area (Å²) in [6.45, 7) is 0.313. The smallest absolute Gasteiger partial charge is 0.360 e. The summed E-state index contributed by atoms with van der Waals surface area (Å²) < 4.78 is 13.4. The number of ether oxygens (including phenoxy) is 2. The molecule has 3 aromatic rings. The molecule has 1 aliphatic rings. The number of aromatic nitrogens is 2. The van der Waals surface area contributed by atoms with Gasteiger partial charge in [-0.05, 0) is 51.8 Å². The third-order valence-corrected chi connectivity index (χ3v) is 5.44. The number of rotatable bonds is 3. The lowest BCUT2D eigenvalue weighted by Gasteiger charge is -2.13. The van der Waals surface area contributed by atoms with E-state index in [0.717, 1.165) is 15.6 Å². The summed E-state index contributed by atoms with van der Waals surface area (Å²) >= 11 is 15.8. The van der Waals surface area contributed by atoms with Crippen LogP contribution in [0, 0.1) is 0 Å². The molecule has 28 heavy (non-hydrogen) atoms. The highest BCUT2D eigenvalue weighted by Gasteiger charge is 2.30. The normalized spacial score (nSPS) is 12.6. The van der Waals surface area contributed by atoms with E-state index in [2.05, 4.69) is 21.0 Å². The average Bonchev–Trinajstić information content (AvgIpc) is 2.92. The number of hydrogen-bond acceptors (Lipinski definition) is 4. The number of fused-ring (bicyclic) bond motifs is 3. The summed E-state index contributed by atoms with van der Waals surface area (Å²) in [5, 5.41) is 14.8. The Labute approximate surface area is 178 Å². The molecule has 0 bridgehead atoms. The van der Waals surface area contributed by atoms with Gasteiger partial charge in [-0.2, -0.15) is 5.10 Å². The predicted octanol–water partition coefficient (Wildman–Crippen LogP) is 5.25. The number of carboxylic acids is 1. The highest BCUT2D eigenvalue weighted by Crippen LogP contribution is 2.43. The first-order valence-electron chi connectivity index (χ1n) is 8.21. The van der Waals surface area contributed by atoms with Crippen molar-refractivity contribution in [3.05, 3.63) is 56.1 Å². The molecule has 2 aromatic carbocycles. The van der Waals surface area contributed by atoms with Crippen molar-refractivity contribution < 1.29 is 19.4 Å². The van der Waals surface area contributed by atoms with Crippen LogP contribution in [-0.4, -0.2) is 34.6 Å². The van der Waals surface area contributed by atoms with Crippen molar-refractivity contribution in [2.45, 2.75) is 6.42 Å². The third kappa shape index (κ3) is 3.23. The van der Waals surface area contributed by atoms with E-state index in [1.54, 1.807) is 25.3 Å². The van der Waals surface area contributed by atoms with Crippen molar-refractivity contribution in [1.29, 1.82) is 0 Å². The Hall–Kier alpha value is -2.22. The predicted molar refractivity (Wildman–Crippen MR) is 109 cm³/mol. The largest absolute Gasteiger partial charge is 0.496 e. The lowest BCUT2D eigenvalue weighted by atomic mass is 10.0. The molecule has 6 nitrogen and oxygen atoms in total. The Balaban J connectivity index is 2.06. The summed E-state index contributed by atoms with van der Waals surface area (Å²) in [5.41, 5.74) is 2.61. The van der Waals surface area contributed by atoms with Crippen LogP contribution < -0.4 is 9.47 Å². The number of benzene rings is 2. The molecule has 0 saturated heterocycles. The van der Waals surface area contributed by atoms with Crippen molar-refractivity contribution in [2.24, 2.45) is 0 Å². The summed E-state index contributed by atoms with van der Waals surface area (Å²) in [7, 11) is 1.59. The van der Waals surface area contributed by atoms with Crippen LogP contribution in [0.25, 0.3) is 16.9 Å². The van der Waals surface area contributed by atoms with E-state index in [9.17, 15) is 9.90 Å². The van der Waals surface area contributed by atoms with E-state index in [1.807, 2.05) is 12.1 Å². The highest BCUT2D eigenvalue weighted by atomic mass is 79.9. The van der Waals surface area contributed by atoms with Gasteiger partial charge in [0.15, 0.2) is 5.75 Å². The zero-order valence-corrected chi connectivity index (χ0v) is 17.6. The second-order valence-electron chi connectivity index (χ2n) is 6.11. The van der Waals surface area contributed by atoms with E-state index in [0.29, 0.717) is 40.2 Å². The molecule has 0 atom stereocenters. The minimum Gasteiger partial charge on any atom is -0.496 e. The fraction of sp³-hybridized carbons (Fsp3) is 0.158. The van der Waals surface area contributed by atoms with Gasteiger partial charge >= 0.3 is 5.97 Å². The van der Waals surface area contributed by atoms with Gasteiger partial charge in [-0.1, -0.05) is 23.2 Å². The molecule has 2 heterocycles. The second kappa shape index (κ2) is 7.31. The van der Waals surface area contributed by atoms with Crippen LogP contribution in [0.3, 0.4) is 0 Å². The molecule has 0 spiro atoms. The summed E-state index contributed by atoms with van der Waals surface area (Å²) in [6, 6.07) is 8.70. The van der Waals surface area contributed by atoms with Crippen LogP contribution in [0.1, 0.15) is 16.1 Å². The van der Waals surface area contributed by atoms with Crippen molar-refractivity contribution >= 4 is 45.1 Å². The maximum absolute atomic E-state index is 11.8. The first-order chi connectivity index (χ1) is 13.4. The Morgan fingerprint density at radius 1 is 1.25 bits per heavy atom. The van der Waals surface area contributed by atoms with Crippen LogP contribution >= 0.6 is 39.1 Å². The maximum atomic E-state index is 11.8. The quantitative estimate of drug-likeness (QED) is 0.550. The minimum atomic E-state index is -1.18. The van der Waals surface area contributed by atoms with E-state index >= 15 is 0 Å². The Morgan fingerprint density at radius 3 is 2.61 bits per heavy atom. The van der Waals surface area contributed by atoms with Crippen molar-refractivity contribution in [1.82, 2.24) is 9.78 Å². The van der Waals surface area contributed by atoms with E-state index in [1.165, 1.54) is 4.68 Å². The molecule has 1 N–H and O–H groups in total. The van der Waals surface area contributed by atoms with Gasteiger partial charge in [-0.3, -0.25) is 0 Å². The van der Waals surface area contributed by atoms with Gasteiger partial charge in [0.25, 0.3) is 0 Å². The lowest BCUT2D eigenvalue weighted by molar-refractivity contribution is 0.0685. The number of carboxylic acid groups (broad SMARTS) is 1. The van der Waals surface area contributed by atoms with E-state index < -0.39 is 5.97 Å². The van der Waals surface area contributed by atoms with Crippen LogP contribution in [0.2, 0.25) is 10.0 Å². The topological polar surface area (TPSA) is 73.6 Å². The molecular weight excluding hydrogens is 471 g/mol. The number of methoxy groups -OCH3 is 1. The number of carbonyl (C=O) groups is 1. The van der Waals surface area contributed by atoms with Gasteiger partial charge in [0.1, 0.15) is 11.4 Å². The fourth-order valence-corrected chi connectivity index (χ4v) is 4.23. The molecule has 0 unspecified atom stereocenters. The van der Waals surface area contributed by atoms with Gasteiger partial charge in [0, 0.05) is 22.0 Å². The number of halogens is 3. The van der Waals surface area contributed by atoms with E-state index in [-0.39, 0.29) is 11.4 Å². The molecule has 4 rings (SSSR count).